The van der Waals surface area contributed by atoms with Gasteiger partial charge in [0.2, 0.25) is 0 Å². The summed E-state index contributed by atoms with van der Waals surface area (Å²) in [5.41, 5.74) is 1.92. The summed E-state index contributed by atoms with van der Waals surface area (Å²) in [5, 5.41) is 3.03. The first-order valence-corrected chi connectivity index (χ1v) is 6.20. The average Bonchev–Trinajstić information content (AvgIpc) is 2.39. The molecule has 0 aliphatic carbocycles. The summed E-state index contributed by atoms with van der Waals surface area (Å²) in [6.07, 6.45) is 0. The zero-order valence-electron chi connectivity index (χ0n) is 11.9. The third-order valence-electron chi connectivity index (χ3n) is 2.75. The van der Waals surface area contributed by atoms with Crippen LogP contribution in [0.3, 0.4) is 0 Å². The first kappa shape index (κ1) is 15.3. The van der Waals surface area contributed by atoms with Gasteiger partial charge in [0, 0.05) is 17.7 Å². The maximum absolute atomic E-state index is 11.2. The second-order valence-corrected chi connectivity index (χ2v) is 3.99. The largest absolute Gasteiger partial charge is 0.496 e. The lowest BCUT2D eigenvalue weighted by Crippen LogP contribution is -2.24. The highest BCUT2D eigenvalue weighted by atomic mass is 16.5. The van der Waals surface area contributed by atoms with Crippen LogP contribution in [-0.4, -0.2) is 33.3 Å². The predicted molar refractivity (Wildman–Crippen MR) is 72.6 cm³/mol. The monoisotopic (exact) mass is 267 g/mol. The number of ether oxygens (including phenoxy) is 3. The lowest BCUT2D eigenvalue weighted by molar-refractivity contribution is -0.142. The number of hydrogen-bond donors (Lipinski definition) is 1. The summed E-state index contributed by atoms with van der Waals surface area (Å²) >= 11 is 0. The molecule has 0 aliphatic rings. The number of esters is 1. The first-order valence-electron chi connectivity index (χ1n) is 6.20. The summed E-state index contributed by atoms with van der Waals surface area (Å²) in [5.74, 6) is 1.30. The van der Waals surface area contributed by atoms with E-state index in [0.29, 0.717) is 13.2 Å². The van der Waals surface area contributed by atoms with Gasteiger partial charge in [-0.25, -0.2) is 0 Å². The van der Waals surface area contributed by atoms with Gasteiger partial charge in [0.25, 0.3) is 0 Å². The van der Waals surface area contributed by atoms with Gasteiger partial charge in [-0.2, -0.15) is 0 Å². The van der Waals surface area contributed by atoms with Crippen LogP contribution < -0.4 is 14.8 Å². The minimum Gasteiger partial charge on any atom is -0.496 e. The van der Waals surface area contributed by atoms with E-state index >= 15 is 0 Å². The molecule has 0 radical (unpaired) electrons. The van der Waals surface area contributed by atoms with Crippen molar-refractivity contribution in [1.82, 2.24) is 5.32 Å². The summed E-state index contributed by atoms with van der Waals surface area (Å²) < 4.78 is 15.5. The number of benzene rings is 1. The second kappa shape index (κ2) is 7.63. The van der Waals surface area contributed by atoms with Crippen molar-refractivity contribution in [3.8, 4) is 11.5 Å². The molecule has 0 heterocycles. The van der Waals surface area contributed by atoms with Gasteiger partial charge in [-0.3, -0.25) is 4.79 Å². The Balaban J connectivity index is 2.68. The maximum Gasteiger partial charge on any atom is 0.319 e. The molecule has 19 heavy (non-hydrogen) atoms. The van der Waals surface area contributed by atoms with Gasteiger partial charge < -0.3 is 19.5 Å². The Bertz CT molecular complexity index is 432. The van der Waals surface area contributed by atoms with Gasteiger partial charge in [0.05, 0.1) is 27.4 Å². The molecule has 0 amide bonds. The molecule has 0 unspecified atom stereocenters. The molecule has 0 bridgehead atoms. The molecule has 1 aromatic carbocycles. The summed E-state index contributed by atoms with van der Waals surface area (Å²) in [7, 11) is 3.25. The topological polar surface area (TPSA) is 56.8 Å². The lowest BCUT2D eigenvalue weighted by Gasteiger charge is -2.14. The van der Waals surface area contributed by atoms with Gasteiger partial charge in [-0.1, -0.05) is 6.07 Å². The Morgan fingerprint density at radius 3 is 2.58 bits per heavy atom. The molecule has 1 aromatic rings. The molecule has 5 heteroatoms. The average molecular weight is 267 g/mol. The quantitative estimate of drug-likeness (QED) is 0.761. The van der Waals surface area contributed by atoms with Crippen LogP contribution in [0.25, 0.3) is 0 Å². The van der Waals surface area contributed by atoms with E-state index in [2.05, 4.69) is 5.32 Å². The molecular weight excluding hydrogens is 246 g/mol. The third-order valence-corrected chi connectivity index (χ3v) is 2.75. The Labute approximate surface area is 113 Å². The zero-order chi connectivity index (χ0) is 14.3. The molecular formula is C14H21NO4. The molecule has 0 aromatic heterocycles. The number of nitrogens with one attached hydrogen (secondary N) is 1. The zero-order valence-corrected chi connectivity index (χ0v) is 11.9. The summed E-state index contributed by atoms with van der Waals surface area (Å²) in [6.45, 7) is 4.83. The molecule has 0 fully saturated rings. The van der Waals surface area contributed by atoms with E-state index < -0.39 is 0 Å². The van der Waals surface area contributed by atoms with Crippen LogP contribution >= 0.6 is 0 Å². The van der Waals surface area contributed by atoms with Crippen LogP contribution in [-0.2, 0) is 16.1 Å². The number of methoxy groups -OCH3 is 2. The molecule has 5 nitrogen and oxygen atoms in total. The van der Waals surface area contributed by atoms with Gasteiger partial charge in [-0.05, 0) is 19.9 Å². The maximum atomic E-state index is 11.2. The Hall–Kier alpha value is -1.75. The lowest BCUT2D eigenvalue weighted by atomic mass is 10.1. The van der Waals surface area contributed by atoms with Crippen LogP contribution in [0.2, 0.25) is 0 Å². The van der Waals surface area contributed by atoms with Crippen molar-refractivity contribution >= 4 is 5.97 Å². The van der Waals surface area contributed by atoms with Crippen LogP contribution in [0.4, 0.5) is 0 Å². The van der Waals surface area contributed by atoms with E-state index in [-0.39, 0.29) is 12.5 Å². The number of carbonyl (C=O) groups excluding carboxylic acids is 1. The number of carbonyl (C=O) groups is 1. The van der Waals surface area contributed by atoms with E-state index in [1.807, 2.05) is 19.1 Å². The van der Waals surface area contributed by atoms with Crippen LogP contribution in [0, 0.1) is 6.92 Å². The van der Waals surface area contributed by atoms with Crippen molar-refractivity contribution in [1.29, 1.82) is 0 Å². The van der Waals surface area contributed by atoms with Crippen molar-refractivity contribution < 1.29 is 19.0 Å². The van der Waals surface area contributed by atoms with Gasteiger partial charge >= 0.3 is 5.97 Å². The molecule has 1 N–H and O–H groups in total. The fourth-order valence-electron chi connectivity index (χ4n) is 1.89. The molecule has 106 valence electrons. The van der Waals surface area contributed by atoms with E-state index in [4.69, 9.17) is 14.2 Å². The van der Waals surface area contributed by atoms with E-state index in [1.165, 1.54) is 0 Å². The summed E-state index contributed by atoms with van der Waals surface area (Å²) in [4.78, 5) is 11.2. The summed E-state index contributed by atoms with van der Waals surface area (Å²) in [6, 6.07) is 3.81. The molecule has 0 atom stereocenters. The molecule has 0 aliphatic heterocycles. The van der Waals surface area contributed by atoms with Crippen LogP contribution in [0.1, 0.15) is 18.1 Å². The highest BCUT2D eigenvalue weighted by molar-refractivity contribution is 5.71. The van der Waals surface area contributed by atoms with Gasteiger partial charge in [0.15, 0.2) is 0 Å². The predicted octanol–water partition coefficient (Wildman–Crippen LogP) is 1.66. The van der Waals surface area contributed by atoms with E-state index in [0.717, 1.165) is 22.6 Å². The number of hydrogen-bond acceptors (Lipinski definition) is 5. The third kappa shape index (κ3) is 4.13. The second-order valence-electron chi connectivity index (χ2n) is 3.99. The highest BCUT2D eigenvalue weighted by Gasteiger charge is 2.11. The molecule has 0 spiro atoms. The van der Waals surface area contributed by atoms with Crippen molar-refractivity contribution in [2.75, 3.05) is 27.4 Å². The molecule has 0 saturated heterocycles. The standard InChI is InChI=1S/C14H21NO4/c1-5-19-13(16)9-15-8-11-6-7-12(17-3)10(2)14(11)18-4/h6-7,15H,5,8-9H2,1-4H3. The molecule has 1 rings (SSSR count). The van der Waals surface area contributed by atoms with Crippen molar-refractivity contribution in [3.63, 3.8) is 0 Å². The van der Waals surface area contributed by atoms with Crippen molar-refractivity contribution in [2.45, 2.75) is 20.4 Å². The van der Waals surface area contributed by atoms with Crippen LogP contribution in [0.5, 0.6) is 11.5 Å². The normalized spacial score (nSPS) is 10.1. The smallest absolute Gasteiger partial charge is 0.319 e. The molecule has 0 saturated carbocycles. The number of rotatable bonds is 7. The minimum atomic E-state index is -0.258. The van der Waals surface area contributed by atoms with E-state index in [9.17, 15) is 4.79 Å². The first-order chi connectivity index (χ1) is 9.13. The SMILES string of the molecule is CCOC(=O)CNCc1ccc(OC)c(C)c1OC. The van der Waals surface area contributed by atoms with Gasteiger partial charge in [-0.15, -0.1) is 0 Å². The fourth-order valence-corrected chi connectivity index (χ4v) is 1.89. The fraction of sp³-hybridized carbons (Fsp3) is 0.500. The Kier molecular flexibility index (Phi) is 6.15. The Morgan fingerprint density at radius 2 is 2.00 bits per heavy atom. The van der Waals surface area contributed by atoms with Crippen molar-refractivity contribution in [3.05, 3.63) is 23.3 Å². The highest BCUT2D eigenvalue weighted by Crippen LogP contribution is 2.31. The van der Waals surface area contributed by atoms with Gasteiger partial charge in [0.1, 0.15) is 11.5 Å². The minimum absolute atomic E-state index is 0.183. The van der Waals surface area contributed by atoms with Crippen LogP contribution in [0.15, 0.2) is 12.1 Å². The van der Waals surface area contributed by atoms with Crippen molar-refractivity contribution in [2.24, 2.45) is 0 Å². The van der Waals surface area contributed by atoms with E-state index in [1.54, 1.807) is 21.1 Å². The Morgan fingerprint density at radius 1 is 1.26 bits per heavy atom.